The molecule has 13 nitrogen and oxygen atoms in total. The van der Waals surface area contributed by atoms with E-state index in [2.05, 4.69) is 30.8 Å². The number of carbonyl (C=O) groups excluding carboxylic acids is 2. The summed E-state index contributed by atoms with van der Waals surface area (Å²) >= 11 is 0. The van der Waals surface area contributed by atoms with Crippen LogP contribution in [-0.4, -0.2) is 149 Å². The number of hydrogen-bond acceptors (Lipinski definition) is 12. The summed E-state index contributed by atoms with van der Waals surface area (Å²) in [7, 11) is 1.71. The molecule has 2 aromatic carbocycles. The third kappa shape index (κ3) is 16.5. The minimum absolute atomic E-state index is 0.0361. The molecule has 2 aromatic rings. The van der Waals surface area contributed by atoms with Gasteiger partial charge in [-0.1, -0.05) is 55.1 Å². The van der Waals surface area contributed by atoms with Crippen LogP contribution in [0.1, 0.15) is 17.0 Å². The van der Waals surface area contributed by atoms with Crippen molar-refractivity contribution in [1.29, 1.82) is 0 Å². The van der Waals surface area contributed by atoms with Crippen LogP contribution in [0, 0.1) is 0 Å². The maximum absolute atomic E-state index is 12.6. The number of ether oxygens (including phenoxy) is 10. The zero-order valence-corrected chi connectivity index (χ0v) is 29.3. The number of nitrogens with zero attached hydrogens (tertiary/aromatic N) is 1. The third-order valence-electron chi connectivity index (χ3n) is 7.46. The monoisotopic (exact) mass is 703 g/mol. The second-order valence-electron chi connectivity index (χ2n) is 11.0. The summed E-state index contributed by atoms with van der Waals surface area (Å²) in [6, 6.07) is 16.6. The number of esters is 1. The van der Waals surface area contributed by atoms with Crippen LogP contribution < -0.4 is 0 Å². The van der Waals surface area contributed by atoms with Crippen LogP contribution in [-0.2, 0) is 52.2 Å². The number of fused-ring (bicyclic) bond motifs is 3. The predicted molar refractivity (Wildman–Crippen MR) is 185 cm³/mol. The highest BCUT2D eigenvalue weighted by molar-refractivity contribution is 5.81. The van der Waals surface area contributed by atoms with Crippen molar-refractivity contribution in [3.8, 4) is 11.1 Å². The first-order valence-corrected chi connectivity index (χ1v) is 17.1. The lowest BCUT2D eigenvalue weighted by Crippen LogP contribution is -2.32. The molecule has 0 N–H and O–H groups in total. The molecule has 0 heterocycles. The first kappa shape index (κ1) is 41.0. The van der Waals surface area contributed by atoms with Gasteiger partial charge in [-0.05, 0) is 22.3 Å². The molecule has 3 rings (SSSR count). The SMILES string of the molecule is C=CC(=O)OCCOCCOCCOCCOCCOCCOCCOCCOCCN(C)C(=O)OCC1c2ccccc2-c2ccccc21. The third-order valence-corrected chi connectivity index (χ3v) is 7.46. The Hall–Kier alpha value is -3.40. The molecule has 0 fully saturated rings. The van der Waals surface area contributed by atoms with Gasteiger partial charge >= 0.3 is 12.1 Å². The van der Waals surface area contributed by atoms with E-state index in [1.807, 2.05) is 24.3 Å². The number of likely N-dealkylation sites (N-methyl/N-ethyl adjacent to an activating group) is 1. The second kappa shape index (κ2) is 26.4. The normalized spacial score (nSPS) is 12.0. The van der Waals surface area contributed by atoms with Gasteiger partial charge in [0.25, 0.3) is 0 Å². The maximum atomic E-state index is 12.6. The van der Waals surface area contributed by atoms with Crippen LogP contribution >= 0.6 is 0 Å². The number of rotatable bonds is 30. The number of carbonyl (C=O) groups is 2. The predicted octanol–water partition coefficient (Wildman–Crippen LogP) is 3.73. The average molecular weight is 704 g/mol. The fraction of sp³-hybridized carbons (Fsp3) is 0.568. The zero-order chi connectivity index (χ0) is 35.5. The van der Waals surface area contributed by atoms with Crippen LogP contribution in [0.5, 0.6) is 0 Å². The van der Waals surface area contributed by atoms with Crippen molar-refractivity contribution in [3.05, 3.63) is 72.3 Å². The summed E-state index contributed by atoms with van der Waals surface area (Å²) in [5.74, 6) is -0.427. The first-order chi connectivity index (χ1) is 24.6. The topological polar surface area (TPSA) is 130 Å². The van der Waals surface area contributed by atoms with E-state index in [-0.39, 0.29) is 18.6 Å². The summed E-state index contributed by atoms with van der Waals surface area (Å²) in [6.45, 7) is 11.3. The van der Waals surface area contributed by atoms with Gasteiger partial charge < -0.3 is 52.3 Å². The molecule has 1 amide bonds. The molecule has 0 unspecified atom stereocenters. The van der Waals surface area contributed by atoms with Gasteiger partial charge in [0, 0.05) is 25.6 Å². The number of amides is 1. The molecule has 0 spiro atoms. The highest BCUT2D eigenvalue weighted by Crippen LogP contribution is 2.44. The summed E-state index contributed by atoms with van der Waals surface area (Å²) in [5.41, 5.74) is 4.78. The fourth-order valence-electron chi connectivity index (χ4n) is 4.90. The minimum Gasteiger partial charge on any atom is -0.460 e. The lowest BCUT2D eigenvalue weighted by Gasteiger charge is -2.19. The Labute approximate surface area is 295 Å². The van der Waals surface area contributed by atoms with E-state index >= 15 is 0 Å². The Morgan fingerprint density at radius 3 is 1.32 bits per heavy atom. The van der Waals surface area contributed by atoms with Gasteiger partial charge in [0.15, 0.2) is 0 Å². The van der Waals surface area contributed by atoms with E-state index in [0.29, 0.717) is 119 Å². The van der Waals surface area contributed by atoms with Crippen molar-refractivity contribution < 1.29 is 57.0 Å². The Kier molecular flexibility index (Phi) is 21.7. The molecular weight excluding hydrogens is 650 g/mol. The molecule has 0 atom stereocenters. The first-order valence-electron chi connectivity index (χ1n) is 17.1. The van der Waals surface area contributed by atoms with Gasteiger partial charge in [-0.15, -0.1) is 0 Å². The van der Waals surface area contributed by atoms with Crippen molar-refractivity contribution in [1.82, 2.24) is 4.90 Å². The molecule has 0 saturated heterocycles. The standard InChI is InChI=1S/C37H53NO12/c1-3-36(39)49-29-28-48-27-26-47-25-24-46-23-22-45-21-20-44-19-18-43-17-16-42-15-14-41-13-12-38(2)37(40)50-30-35-33-10-6-4-8-31(33)32-9-5-7-11-34(32)35/h3-11,35H,1,12-30H2,2H3. The van der Waals surface area contributed by atoms with Crippen molar-refractivity contribution >= 4 is 12.1 Å². The molecule has 0 saturated carbocycles. The average Bonchev–Trinajstić information content (AvgIpc) is 3.46. The molecule has 13 heteroatoms. The molecular formula is C37H53NO12. The molecule has 0 aliphatic heterocycles. The lowest BCUT2D eigenvalue weighted by molar-refractivity contribution is -0.139. The van der Waals surface area contributed by atoms with Gasteiger partial charge in [0.05, 0.1) is 106 Å². The second-order valence-corrected chi connectivity index (χ2v) is 11.0. The highest BCUT2D eigenvalue weighted by Gasteiger charge is 2.29. The molecule has 278 valence electrons. The van der Waals surface area contributed by atoms with Crippen LogP contribution in [0.25, 0.3) is 11.1 Å². The molecule has 1 aliphatic carbocycles. The molecule has 0 aromatic heterocycles. The van der Waals surface area contributed by atoms with Crippen molar-refractivity contribution in [3.63, 3.8) is 0 Å². The van der Waals surface area contributed by atoms with Crippen molar-refractivity contribution in [2.45, 2.75) is 5.92 Å². The van der Waals surface area contributed by atoms with E-state index in [4.69, 9.17) is 47.4 Å². The number of hydrogen-bond donors (Lipinski definition) is 0. The van der Waals surface area contributed by atoms with Crippen molar-refractivity contribution in [2.24, 2.45) is 0 Å². The fourth-order valence-corrected chi connectivity index (χ4v) is 4.90. The lowest BCUT2D eigenvalue weighted by atomic mass is 9.98. The molecule has 1 aliphatic rings. The van der Waals surface area contributed by atoms with Crippen LogP contribution in [0.15, 0.2) is 61.2 Å². The summed E-state index contributed by atoms with van der Waals surface area (Å²) < 4.78 is 54.1. The zero-order valence-electron chi connectivity index (χ0n) is 29.3. The van der Waals surface area contributed by atoms with Crippen LogP contribution in [0.3, 0.4) is 0 Å². The Morgan fingerprint density at radius 2 is 0.920 bits per heavy atom. The minimum atomic E-state index is -0.463. The smallest absolute Gasteiger partial charge is 0.409 e. The molecule has 0 radical (unpaired) electrons. The van der Waals surface area contributed by atoms with E-state index in [0.717, 1.165) is 6.08 Å². The summed E-state index contributed by atoms with van der Waals surface area (Å²) in [5, 5.41) is 0. The molecule has 50 heavy (non-hydrogen) atoms. The van der Waals surface area contributed by atoms with Crippen LogP contribution in [0.2, 0.25) is 0 Å². The molecule has 0 bridgehead atoms. The van der Waals surface area contributed by atoms with Gasteiger partial charge in [0.1, 0.15) is 13.2 Å². The van der Waals surface area contributed by atoms with Crippen LogP contribution in [0.4, 0.5) is 4.79 Å². The Balaban J connectivity index is 1.01. The van der Waals surface area contributed by atoms with E-state index < -0.39 is 5.97 Å². The van der Waals surface area contributed by atoms with E-state index in [1.54, 1.807) is 7.05 Å². The Bertz CT molecular complexity index is 1180. The largest absolute Gasteiger partial charge is 0.460 e. The van der Waals surface area contributed by atoms with Gasteiger partial charge in [0.2, 0.25) is 0 Å². The Morgan fingerprint density at radius 1 is 0.560 bits per heavy atom. The van der Waals surface area contributed by atoms with E-state index in [9.17, 15) is 9.59 Å². The maximum Gasteiger partial charge on any atom is 0.409 e. The summed E-state index contributed by atoms with van der Waals surface area (Å²) in [6.07, 6.45) is 0.744. The number of benzene rings is 2. The van der Waals surface area contributed by atoms with Gasteiger partial charge in [-0.3, -0.25) is 0 Å². The van der Waals surface area contributed by atoms with Gasteiger partial charge in [-0.25, -0.2) is 9.59 Å². The van der Waals surface area contributed by atoms with Crippen molar-refractivity contribution in [2.75, 3.05) is 133 Å². The van der Waals surface area contributed by atoms with Gasteiger partial charge in [-0.2, -0.15) is 0 Å². The quantitative estimate of drug-likeness (QED) is 0.0668. The summed E-state index contributed by atoms with van der Waals surface area (Å²) in [4.78, 5) is 25.0. The highest BCUT2D eigenvalue weighted by atomic mass is 16.6. The van der Waals surface area contributed by atoms with E-state index in [1.165, 1.54) is 27.2 Å².